The fourth-order valence-corrected chi connectivity index (χ4v) is 2.72. The van der Waals surface area contributed by atoms with Gasteiger partial charge in [-0.2, -0.15) is 0 Å². The van der Waals surface area contributed by atoms with Gasteiger partial charge < -0.3 is 10.6 Å². The number of nitrogens with one attached hydrogen (secondary N) is 2. The first kappa shape index (κ1) is 15.9. The maximum Gasteiger partial charge on any atom is 0.171 e. The topological polar surface area (TPSA) is 24.1 Å². The van der Waals surface area contributed by atoms with Crippen LogP contribution < -0.4 is 10.6 Å². The summed E-state index contributed by atoms with van der Waals surface area (Å²) < 4.78 is 14.4. The predicted octanol–water partition coefficient (Wildman–Crippen LogP) is 4.94. The first-order chi connectivity index (χ1) is 9.97. The molecule has 1 atom stereocenters. The van der Waals surface area contributed by atoms with Gasteiger partial charge in [-0.15, -0.1) is 0 Å². The first-order valence-electron chi connectivity index (χ1n) is 6.55. The average molecular weight is 367 g/mol. The molecule has 0 aromatic heterocycles. The zero-order chi connectivity index (χ0) is 15.4. The van der Waals surface area contributed by atoms with Gasteiger partial charge in [0.15, 0.2) is 5.11 Å². The normalized spacial score (nSPS) is 11.8. The monoisotopic (exact) mass is 366 g/mol. The van der Waals surface area contributed by atoms with Crippen LogP contribution in [0.1, 0.15) is 24.1 Å². The molecule has 0 heterocycles. The Morgan fingerprint density at radius 2 is 1.95 bits per heavy atom. The number of rotatable bonds is 3. The smallest absolute Gasteiger partial charge is 0.171 e. The van der Waals surface area contributed by atoms with Crippen LogP contribution in [0.5, 0.6) is 0 Å². The Hall–Kier alpha value is -1.46. The highest BCUT2D eigenvalue weighted by Crippen LogP contribution is 2.20. The Labute approximate surface area is 137 Å². The second-order valence-electron chi connectivity index (χ2n) is 4.80. The van der Waals surface area contributed by atoms with Crippen LogP contribution in [0.4, 0.5) is 10.1 Å². The molecule has 21 heavy (non-hydrogen) atoms. The van der Waals surface area contributed by atoms with E-state index in [2.05, 4.69) is 45.6 Å². The number of thiocarbonyl (C=S) groups is 1. The van der Waals surface area contributed by atoms with Crippen molar-refractivity contribution in [2.75, 3.05) is 5.32 Å². The summed E-state index contributed by atoms with van der Waals surface area (Å²) in [6.45, 7) is 4.08. The molecule has 0 aliphatic heterocycles. The molecule has 1 unspecified atom stereocenters. The maximum absolute atomic E-state index is 13.8. The number of aryl methyl sites for hydroxylation is 1. The summed E-state index contributed by atoms with van der Waals surface area (Å²) in [5.74, 6) is -0.350. The van der Waals surface area contributed by atoms with Gasteiger partial charge in [-0.05, 0) is 55.4 Å². The molecule has 0 radical (unpaired) electrons. The predicted molar refractivity (Wildman–Crippen MR) is 93.1 cm³/mol. The highest BCUT2D eigenvalue weighted by Gasteiger charge is 2.10. The summed E-state index contributed by atoms with van der Waals surface area (Å²) in [6, 6.07) is 12.9. The summed E-state index contributed by atoms with van der Waals surface area (Å²) >= 11 is 8.47. The summed E-state index contributed by atoms with van der Waals surface area (Å²) in [5.41, 5.74) is 2.71. The molecule has 0 amide bonds. The van der Waals surface area contributed by atoms with Gasteiger partial charge >= 0.3 is 0 Å². The van der Waals surface area contributed by atoms with Crippen LogP contribution in [0.3, 0.4) is 0 Å². The average Bonchev–Trinajstić information content (AvgIpc) is 2.42. The van der Waals surface area contributed by atoms with Crippen LogP contribution in [0, 0.1) is 12.7 Å². The van der Waals surface area contributed by atoms with E-state index in [4.69, 9.17) is 12.2 Å². The molecule has 0 saturated carbocycles. The Bertz CT molecular complexity index is 660. The lowest BCUT2D eigenvalue weighted by Crippen LogP contribution is -2.31. The standard InChI is InChI=1S/C16H16BrFN2S/c1-10-5-3-4-6-13(10)11(2)19-16(21)20-15-8-7-12(17)9-14(15)18/h3-9,11H,1-2H3,(H2,19,20,21). The van der Waals surface area contributed by atoms with Crippen LogP contribution in [0.15, 0.2) is 46.9 Å². The van der Waals surface area contributed by atoms with E-state index in [-0.39, 0.29) is 11.9 Å². The lowest BCUT2D eigenvalue weighted by atomic mass is 10.0. The van der Waals surface area contributed by atoms with Crippen LogP contribution in [0.2, 0.25) is 0 Å². The zero-order valence-electron chi connectivity index (χ0n) is 11.8. The largest absolute Gasteiger partial charge is 0.356 e. The zero-order valence-corrected chi connectivity index (χ0v) is 14.2. The van der Waals surface area contributed by atoms with Gasteiger partial charge in [-0.3, -0.25) is 0 Å². The number of benzene rings is 2. The molecule has 0 aliphatic rings. The molecule has 2 aromatic rings. The third-order valence-electron chi connectivity index (χ3n) is 3.18. The second-order valence-corrected chi connectivity index (χ2v) is 6.12. The van der Waals surface area contributed by atoms with E-state index in [0.29, 0.717) is 15.3 Å². The molecule has 0 bridgehead atoms. The molecular formula is C16H16BrFN2S. The Morgan fingerprint density at radius 1 is 1.24 bits per heavy atom. The van der Waals surface area contributed by atoms with Gasteiger partial charge in [0.2, 0.25) is 0 Å². The van der Waals surface area contributed by atoms with E-state index in [9.17, 15) is 4.39 Å². The Morgan fingerprint density at radius 3 is 2.62 bits per heavy atom. The molecule has 2 rings (SSSR count). The second kappa shape index (κ2) is 7.00. The quantitative estimate of drug-likeness (QED) is 0.751. The van der Waals surface area contributed by atoms with Gasteiger partial charge in [-0.1, -0.05) is 40.2 Å². The molecule has 110 valence electrons. The van der Waals surface area contributed by atoms with E-state index in [1.807, 2.05) is 19.1 Å². The molecular weight excluding hydrogens is 351 g/mol. The highest BCUT2D eigenvalue weighted by atomic mass is 79.9. The minimum atomic E-state index is -0.350. The van der Waals surface area contributed by atoms with Gasteiger partial charge in [-0.25, -0.2) is 4.39 Å². The van der Waals surface area contributed by atoms with Gasteiger partial charge in [0.25, 0.3) is 0 Å². The Kier molecular flexibility index (Phi) is 5.31. The van der Waals surface area contributed by atoms with E-state index in [1.165, 1.54) is 11.6 Å². The molecule has 2 N–H and O–H groups in total. The van der Waals surface area contributed by atoms with Crippen LogP contribution in [-0.4, -0.2) is 5.11 Å². The summed E-state index contributed by atoms with van der Waals surface area (Å²) in [6.07, 6.45) is 0. The molecule has 0 saturated heterocycles. The molecule has 0 aliphatic carbocycles. The minimum absolute atomic E-state index is 0.0460. The number of hydrogen-bond donors (Lipinski definition) is 2. The van der Waals surface area contributed by atoms with Gasteiger partial charge in [0, 0.05) is 4.47 Å². The van der Waals surface area contributed by atoms with Crippen molar-refractivity contribution in [2.24, 2.45) is 0 Å². The van der Waals surface area contributed by atoms with Crippen molar-refractivity contribution in [2.45, 2.75) is 19.9 Å². The van der Waals surface area contributed by atoms with Crippen molar-refractivity contribution >= 4 is 38.9 Å². The number of hydrogen-bond acceptors (Lipinski definition) is 1. The van der Waals surface area contributed by atoms with Crippen molar-refractivity contribution in [3.05, 3.63) is 63.9 Å². The van der Waals surface area contributed by atoms with Crippen molar-refractivity contribution in [3.8, 4) is 0 Å². The van der Waals surface area contributed by atoms with E-state index in [1.54, 1.807) is 12.1 Å². The lowest BCUT2D eigenvalue weighted by Gasteiger charge is -2.19. The van der Waals surface area contributed by atoms with Crippen molar-refractivity contribution < 1.29 is 4.39 Å². The molecule has 5 heteroatoms. The van der Waals surface area contributed by atoms with Crippen molar-refractivity contribution in [1.82, 2.24) is 5.32 Å². The van der Waals surface area contributed by atoms with Gasteiger partial charge in [0.05, 0.1) is 11.7 Å². The van der Waals surface area contributed by atoms with Crippen LogP contribution in [0.25, 0.3) is 0 Å². The van der Waals surface area contributed by atoms with Crippen LogP contribution in [-0.2, 0) is 0 Å². The molecule has 0 fully saturated rings. The van der Waals surface area contributed by atoms with Crippen molar-refractivity contribution in [1.29, 1.82) is 0 Å². The Balaban J connectivity index is 2.03. The molecule has 2 aromatic carbocycles. The minimum Gasteiger partial charge on any atom is -0.356 e. The first-order valence-corrected chi connectivity index (χ1v) is 7.75. The molecule has 0 spiro atoms. The third kappa shape index (κ3) is 4.25. The van der Waals surface area contributed by atoms with Crippen LogP contribution >= 0.6 is 28.1 Å². The number of halogens is 2. The molecule has 2 nitrogen and oxygen atoms in total. The summed E-state index contributed by atoms with van der Waals surface area (Å²) in [7, 11) is 0. The summed E-state index contributed by atoms with van der Waals surface area (Å²) in [5, 5.41) is 6.45. The van der Waals surface area contributed by atoms with E-state index in [0.717, 1.165) is 5.56 Å². The fraction of sp³-hybridized carbons (Fsp3) is 0.188. The summed E-state index contributed by atoms with van der Waals surface area (Å²) in [4.78, 5) is 0. The lowest BCUT2D eigenvalue weighted by molar-refractivity contribution is 0.630. The fourth-order valence-electron chi connectivity index (χ4n) is 2.10. The third-order valence-corrected chi connectivity index (χ3v) is 3.90. The SMILES string of the molecule is Cc1ccccc1C(C)NC(=S)Nc1ccc(Br)cc1F. The van der Waals surface area contributed by atoms with Gasteiger partial charge in [0.1, 0.15) is 5.82 Å². The van der Waals surface area contributed by atoms with Crippen molar-refractivity contribution in [3.63, 3.8) is 0 Å². The number of anilines is 1. The maximum atomic E-state index is 13.8. The highest BCUT2D eigenvalue weighted by molar-refractivity contribution is 9.10. The van der Waals surface area contributed by atoms with E-state index < -0.39 is 0 Å². The van der Waals surface area contributed by atoms with E-state index >= 15 is 0 Å².